The molecule has 5 aromatic rings. The van der Waals surface area contributed by atoms with Gasteiger partial charge in [0.15, 0.2) is 0 Å². The fourth-order valence-electron chi connectivity index (χ4n) is 6.20. The van der Waals surface area contributed by atoms with Gasteiger partial charge in [0.05, 0.1) is 0 Å². The minimum absolute atomic E-state index is 0.319. The highest BCUT2D eigenvalue weighted by Crippen LogP contribution is 2.20. The predicted molar refractivity (Wildman–Crippen MR) is 186 cm³/mol. The first kappa shape index (κ1) is 30.9. The minimum Gasteiger partial charge on any atom is -0.318 e. The van der Waals surface area contributed by atoms with Gasteiger partial charge in [0.1, 0.15) is 0 Å². The van der Waals surface area contributed by atoms with Crippen LogP contribution >= 0.6 is 0 Å². The monoisotopic (exact) mass is 571 g/mol. The molecule has 1 unspecified atom stereocenters. The van der Waals surface area contributed by atoms with Crippen molar-refractivity contribution in [2.75, 3.05) is 26.7 Å². The third kappa shape index (κ3) is 9.00. The summed E-state index contributed by atoms with van der Waals surface area (Å²) in [6.45, 7) is 9.70. The Hall–Kier alpha value is -3.50. The molecule has 0 fully saturated rings. The van der Waals surface area contributed by atoms with Crippen molar-refractivity contribution in [3.63, 3.8) is 0 Å². The Balaban J connectivity index is 1.27. The Bertz CT molecular complexity index is 1570. The van der Waals surface area contributed by atoms with E-state index in [1.165, 1.54) is 43.8 Å². The number of nitrogens with one attached hydrogen (secondary N) is 3. The summed E-state index contributed by atoms with van der Waals surface area (Å²) in [5.74, 6) is 1.12. The first-order valence-electron chi connectivity index (χ1n) is 16.1. The summed E-state index contributed by atoms with van der Waals surface area (Å²) in [6, 6.07) is 41.0. The average Bonchev–Trinajstić information content (AvgIpc) is 3.02. The summed E-state index contributed by atoms with van der Waals surface area (Å²) < 4.78 is 0. The van der Waals surface area contributed by atoms with Gasteiger partial charge in [0.2, 0.25) is 0 Å². The van der Waals surface area contributed by atoms with Crippen molar-refractivity contribution in [2.24, 2.45) is 5.92 Å². The molecule has 0 aliphatic carbocycles. The maximum Gasteiger partial charge on any atom is 0.0233 e. The molecule has 3 nitrogen and oxygen atoms in total. The summed E-state index contributed by atoms with van der Waals surface area (Å²) >= 11 is 0. The van der Waals surface area contributed by atoms with Gasteiger partial charge in [-0.1, -0.05) is 130 Å². The second-order valence-corrected chi connectivity index (χ2v) is 12.8. The first-order valence-corrected chi connectivity index (χ1v) is 16.1. The van der Waals surface area contributed by atoms with E-state index >= 15 is 0 Å². The number of hydrogen-bond acceptors (Lipinski definition) is 3. The molecule has 43 heavy (non-hydrogen) atoms. The molecule has 0 saturated carbocycles. The summed E-state index contributed by atoms with van der Waals surface area (Å²) in [5.41, 5.74) is 5.59. The lowest BCUT2D eigenvalue weighted by molar-refractivity contribution is 0.410. The Labute approximate surface area is 259 Å². The molecule has 0 heterocycles. The second kappa shape index (κ2) is 15.3. The largest absolute Gasteiger partial charge is 0.318 e. The van der Waals surface area contributed by atoms with Crippen LogP contribution in [0.3, 0.4) is 0 Å². The van der Waals surface area contributed by atoms with Crippen molar-refractivity contribution < 1.29 is 0 Å². The molecule has 224 valence electrons. The molecular formula is C40H49N3. The lowest BCUT2D eigenvalue weighted by Gasteiger charge is -2.26. The molecule has 3 heteroatoms. The minimum atomic E-state index is 0.319. The van der Waals surface area contributed by atoms with Gasteiger partial charge >= 0.3 is 0 Å². The van der Waals surface area contributed by atoms with E-state index in [4.69, 9.17) is 0 Å². The van der Waals surface area contributed by atoms with Gasteiger partial charge in [0.25, 0.3) is 0 Å². The Morgan fingerprint density at radius 1 is 0.488 bits per heavy atom. The van der Waals surface area contributed by atoms with Crippen LogP contribution in [0.5, 0.6) is 0 Å². The molecule has 3 atom stereocenters. The van der Waals surface area contributed by atoms with Gasteiger partial charge in [-0.2, -0.15) is 0 Å². The molecule has 0 saturated heterocycles. The molecule has 0 bridgehead atoms. The Morgan fingerprint density at radius 3 is 1.51 bits per heavy atom. The van der Waals surface area contributed by atoms with Gasteiger partial charge in [-0.3, -0.25) is 0 Å². The lowest BCUT2D eigenvalue weighted by Crippen LogP contribution is -2.48. The standard InChI is InChI=1S/C40H49N3/c1-29(2)21-31-13-17-34(18-14-31)30(3)26-42-40(25-33-16-20-36-10-6-8-12-38(36)23-33)28-43-39(27-41-4)24-32-15-19-35-9-5-7-11-37(35)22-32/h5-20,22-23,29-30,39-43H,21,24-28H2,1-4H3/t30?,39-,40+/m0/s1. The Morgan fingerprint density at radius 2 is 0.977 bits per heavy atom. The molecule has 0 radical (unpaired) electrons. The van der Waals surface area contributed by atoms with Crippen molar-refractivity contribution in [3.8, 4) is 0 Å². The van der Waals surface area contributed by atoms with Crippen LogP contribution in [-0.2, 0) is 19.3 Å². The van der Waals surface area contributed by atoms with Crippen LogP contribution in [0.2, 0.25) is 0 Å². The van der Waals surface area contributed by atoms with Crippen LogP contribution in [0.1, 0.15) is 48.9 Å². The van der Waals surface area contributed by atoms with Crippen molar-refractivity contribution in [1.29, 1.82) is 0 Å². The summed E-state index contributed by atoms with van der Waals surface area (Å²) in [5, 5.41) is 16.5. The maximum atomic E-state index is 3.96. The average molecular weight is 572 g/mol. The summed E-state index contributed by atoms with van der Waals surface area (Å²) in [7, 11) is 2.05. The molecule has 0 aliphatic heterocycles. The van der Waals surface area contributed by atoms with Crippen molar-refractivity contribution in [3.05, 3.63) is 131 Å². The number of likely N-dealkylation sites (N-methyl/N-ethyl adjacent to an activating group) is 1. The van der Waals surface area contributed by atoms with E-state index in [1.54, 1.807) is 0 Å². The molecule has 3 N–H and O–H groups in total. The quantitative estimate of drug-likeness (QED) is 0.119. The molecule has 0 spiro atoms. The Kier molecular flexibility index (Phi) is 11.0. The van der Waals surface area contributed by atoms with E-state index in [9.17, 15) is 0 Å². The zero-order chi connectivity index (χ0) is 30.0. The van der Waals surface area contributed by atoms with Crippen LogP contribution in [0.15, 0.2) is 109 Å². The normalized spacial score (nSPS) is 13.9. The van der Waals surface area contributed by atoms with Crippen LogP contribution in [0.4, 0.5) is 0 Å². The highest BCUT2D eigenvalue weighted by atomic mass is 15.0. The zero-order valence-corrected chi connectivity index (χ0v) is 26.4. The number of fused-ring (bicyclic) bond motifs is 2. The van der Waals surface area contributed by atoms with Gasteiger partial charge in [0, 0.05) is 31.7 Å². The van der Waals surface area contributed by atoms with E-state index in [0.29, 0.717) is 23.9 Å². The van der Waals surface area contributed by atoms with E-state index in [0.717, 1.165) is 38.9 Å². The fraction of sp³-hybridized carbons (Fsp3) is 0.350. The molecular weight excluding hydrogens is 522 g/mol. The molecule has 0 aromatic heterocycles. The fourth-order valence-corrected chi connectivity index (χ4v) is 6.20. The van der Waals surface area contributed by atoms with Gasteiger partial charge in [-0.05, 0) is 81.9 Å². The number of hydrogen-bond donors (Lipinski definition) is 3. The third-order valence-electron chi connectivity index (χ3n) is 8.60. The topological polar surface area (TPSA) is 36.1 Å². The van der Waals surface area contributed by atoms with Crippen molar-refractivity contribution in [1.82, 2.24) is 16.0 Å². The lowest BCUT2D eigenvalue weighted by atomic mass is 9.96. The van der Waals surface area contributed by atoms with Crippen LogP contribution in [0.25, 0.3) is 21.5 Å². The maximum absolute atomic E-state index is 3.96. The SMILES string of the molecule is CNC[C@H](Cc1ccc2ccccc2c1)NC[C@@H](Cc1ccc2ccccc2c1)NCC(C)c1ccc(CC(C)C)cc1. The second-order valence-electron chi connectivity index (χ2n) is 12.8. The third-order valence-corrected chi connectivity index (χ3v) is 8.60. The molecule has 5 aromatic carbocycles. The van der Waals surface area contributed by atoms with E-state index in [1.807, 2.05) is 7.05 Å². The highest BCUT2D eigenvalue weighted by Gasteiger charge is 2.16. The number of rotatable bonds is 15. The van der Waals surface area contributed by atoms with Crippen molar-refractivity contribution in [2.45, 2.75) is 58.0 Å². The predicted octanol–water partition coefficient (Wildman–Crippen LogP) is 7.92. The van der Waals surface area contributed by atoms with Crippen molar-refractivity contribution >= 4 is 21.5 Å². The van der Waals surface area contributed by atoms with Crippen LogP contribution < -0.4 is 16.0 Å². The van der Waals surface area contributed by atoms with Gasteiger partial charge < -0.3 is 16.0 Å². The summed E-state index contributed by atoms with van der Waals surface area (Å²) in [6.07, 6.45) is 3.12. The summed E-state index contributed by atoms with van der Waals surface area (Å²) in [4.78, 5) is 0. The number of benzene rings is 5. The van der Waals surface area contributed by atoms with Crippen LogP contribution in [-0.4, -0.2) is 38.8 Å². The van der Waals surface area contributed by atoms with Crippen LogP contribution in [0, 0.1) is 5.92 Å². The zero-order valence-electron chi connectivity index (χ0n) is 26.4. The molecule has 0 amide bonds. The van der Waals surface area contributed by atoms with E-state index in [-0.39, 0.29) is 0 Å². The smallest absolute Gasteiger partial charge is 0.0233 e. The first-order chi connectivity index (χ1) is 21.0. The molecule has 5 rings (SSSR count). The highest BCUT2D eigenvalue weighted by molar-refractivity contribution is 5.83. The van der Waals surface area contributed by atoms with E-state index < -0.39 is 0 Å². The van der Waals surface area contributed by atoms with Gasteiger partial charge in [-0.15, -0.1) is 0 Å². The van der Waals surface area contributed by atoms with E-state index in [2.05, 4.69) is 146 Å². The molecule has 0 aliphatic rings. The van der Waals surface area contributed by atoms with Gasteiger partial charge in [-0.25, -0.2) is 0 Å².